The summed E-state index contributed by atoms with van der Waals surface area (Å²) in [6.07, 6.45) is 6.26. The molecule has 0 saturated carbocycles. The zero-order valence-electron chi connectivity index (χ0n) is 15.7. The summed E-state index contributed by atoms with van der Waals surface area (Å²) in [6.45, 7) is 4.86. The van der Waals surface area contributed by atoms with Crippen molar-refractivity contribution in [3.8, 4) is 0 Å². The molecule has 2 aliphatic rings. The fraction of sp³-hybridized carbons (Fsp3) is 0.476. The predicted molar refractivity (Wildman–Crippen MR) is 102 cm³/mol. The van der Waals surface area contributed by atoms with Crippen molar-refractivity contribution in [3.63, 3.8) is 0 Å². The van der Waals surface area contributed by atoms with E-state index in [2.05, 4.69) is 27.4 Å². The van der Waals surface area contributed by atoms with Crippen molar-refractivity contribution in [2.45, 2.75) is 32.2 Å². The molecule has 2 fully saturated rings. The lowest BCUT2D eigenvalue weighted by atomic mass is 9.64. The van der Waals surface area contributed by atoms with Gasteiger partial charge in [0.15, 0.2) is 0 Å². The van der Waals surface area contributed by atoms with E-state index in [0.29, 0.717) is 13.0 Å². The van der Waals surface area contributed by atoms with Crippen LogP contribution in [0.4, 0.5) is 4.79 Å². The Labute approximate surface area is 160 Å². The van der Waals surface area contributed by atoms with Crippen molar-refractivity contribution in [2.24, 2.45) is 5.41 Å². The number of nitrogens with zero attached hydrogens (tertiary/aromatic N) is 3. The highest BCUT2D eigenvalue weighted by Crippen LogP contribution is 2.54. The molecule has 6 heteroatoms. The Morgan fingerprint density at radius 2 is 1.93 bits per heavy atom. The molecule has 2 amide bonds. The number of likely N-dealkylation sites (tertiary alicyclic amines) is 1. The van der Waals surface area contributed by atoms with E-state index in [-0.39, 0.29) is 17.5 Å². The number of carbonyl (C=O) groups is 1. The zero-order valence-corrected chi connectivity index (χ0v) is 15.7. The van der Waals surface area contributed by atoms with E-state index in [1.807, 2.05) is 30.0 Å². The van der Waals surface area contributed by atoms with Gasteiger partial charge in [0.1, 0.15) is 5.82 Å². The summed E-state index contributed by atoms with van der Waals surface area (Å²) in [6, 6.07) is 10.5. The lowest BCUT2D eigenvalue weighted by Crippen LogP contribution is -2.64. The number of rotatable bonds is 4. The van der Waals surface area contributed by atoms with E-state index in [1.165, 1.54) is 5.56 Å². The first-order valence-electron chi connectivity index (χ1n) is 9.63. The van der Waals surface area contributed by atoms with E-state index in [9.17, 15) is 4.79 Å². The molecule has 1 unspecified atom stereocenters. The van der Waals surface area contributed by atoms with Crippen molar-refractivity contribution >= 4 is 6.03 Å². The summed E-state index contributed by atoms with van der Waals surface area (Å²) in [5.74, 6) is 0.755. The Kier molecular flexibility index (Phi) is 5.07. The van der Waals surface area contributed by atoms with Crippen molar-refractivity contribution in [1.29, 1.82) is 0 Å². The molecule has 0 radical (unpaired) electrons. The number of benzene rings is 1. The molecule has 3 heterocycles. The maximum atomic E-state index is 12.8. The SMILES string of the molecule is Cc1cnc(CCNC(=O)N2CC3(CCOCC3)C2c2ccccc2)nc1. The largest absolute Gasteiger partial charge is 0.381 e. The average molecular weight is 366 g/mol. The first kappa shape index (κ1) is 17.9. The second-order valence-electron chi connectivity index (χ2n) is 7.57. The van der Waals surface area contributed by atoms with Gasteiger partial charge in [-0.1, -0.05) is 30.3 Å². The quantitative estimate of drug-likeness (QED) is 0.903. The van der Waals surface area contributed by atoms with Gasteiger partial charge in [0.25, 0.3) is 0 Å². The lowest BCUT2D eigenvalue weighted by Gasteiger charge is -2.59. The van der Waals surface area contributed by atoms with Gasteiger partial charge in [-0.2, -0.15) is 0 Å². The molecule has 6 nitrogen and oxygen atoms in total. The number of hydrogen-bond donors (Lipinski definition) is 1. The van der Waals surface area contributed by atoms with E-state index < -0.39 is 0 Å². The van der Waals surface area contributed by atoms with Crippen molar-refractivity contribution in [3.05, 3.63) is 59.7 Å². The minimum Gasteiger partial charge on any atom is -0.381 e. The third kappa shape index (κ3) is 3.67. The van der Waals surface area contributed by atoms with Crippen molar-refractivity contribution in [1.82, 2.24) is 20.2 Å². The molecule has 4 rings (SSSR count). The van der Waals surface area contributed by atoms with Gasteiger partial charge in [-0.25, -0.2) is 14.8 Å². The topological polar surface area (TPSA) is 67.4 Å². The Morgan fingerprint density at radius 3 is 2.63 bits per heavy atom. The number of aryl methyl sites for hydroxylation is 1. The van der Waals surface area contributed by atoms with Crippen LogP contribution >= 0.6 is 0 Å². The second kappa shape index (κ2) is 7.64. The molecular formula is C21H26N4O2. The van der Waals surface area contributed by atoms with Crippen LogP contribution in [0.2, 0.25) is 0 Å². The van der Waals surface area contributed by atoms with Crippen LogP contribution in [0.1, 0.15) is 35.8 Å². The van der Waals surface area contributed by atoms with E-state index in [0.717, 1.165) is 44.0 Å². The molecule has 1 atom stereocenters. The molecule has 0 bridgehead atoms. The van der Waals surface area contributed by atoms with E-state index in [1.54, 1.807) is 12.4 Å². The highest BCUT2D eigenvalue weighted by Gasteiger charge is 2.55. The summed E-state index contributed by atoms with van der Waals surface area (Å²) in [5.41, 5.74) is 2.40. The molecule has 1 aromatic heterocycles. The zero-order chi connectivity index (χ0) is 18.7. The number of aromatic nitrogens is 2. The molecule has 1 N–H and O–H groups in total. The molecule has 27 heavy (non-hydrogen) atoms. The molecule has 1 spiro atoms. The van der Waals surface area contributed by atoms with E-state index in [4.69, 9.17) is 4.74 Å². The van der Waals surface area contributed by atoms with Gasteiger partial charge in [0.2, 0.25) is 0 Å². The van der Waals surface area contributed by atoms with Gasteiger partial charge < -0.3 is 15.0 Å². The van der Waals surface area contributed by atoms with Crippen LogP contribution in [-0.2, 0) is 11.2 Å². The summed E-state index contributed by atoms with van der Waals surface area (Å²) < 4.78 is 5.57. The highest BCUT2D eigenvalue weighted by atomic mass is 16.5. The number of carbonyl (C=O) groups excluding carboxylic acids is 1. The smallest absolute Gasteiger partial charge is 0.317 e. The molecule has 2 aromatic rings. The maximum absolute atomic E-state index is 12.8. The molecule has 1 aromatic carbocycles. The average Bonchev–Trinajstić information content (AvgIpc) is 2.69. The Hall–Kier alpha value is -2.47. The minimum atomic E-state index is -0.00641. The van der Waals surface area contributed by atoms with Crippen LogP contribution in [-0.4, -0.2) is 47.2 Å². The standard InChI is InChI=1S/C21H26N4O2/c1-16-13-23-18(24-14-16)7-10-22-20(26)25-15-21(8-11-27-12-9-21)19(25)17-5-3-2-4-6-17/h2-6,13-14,19H,7-12,15H2,1H3,(H,22,26). The molecule has 0 aliphatic carbocycles. The fourth-order valence-electron chi connectivity index (χ4n) is 4.23. The highest BCUT2D eigenvalue weighted by molar-refractivity contribution is 5.76. The molecule has 2 saturated heterocycles. The molecular weight excluding hydrogens is 340 g/mol. The fourth-order valence-corrected chi connectivity index (χ4v) is 4.23. The number of nitrogens with one attached hydrogen (secondary N) is 1. The number of amides is 2. The first-order chi connectivity index (χ1) is 13.2. The van der Waals surface area contributed by atoms with Crippen LogP contribution in [0.5, 0.6) is 0 Å². The van der Waals surface area contributed by atoms with Gasteiger partial charge in [-0.05, 0) is 30.9 Å². The summed E-state index contributed by atoms with van der Waals surface area (Å²) in [5, 5.41) is 3.05. The predicted octanol–water partition coefficient (Wildman–Crippen LogP) is 2.89. The second-order valence-corrected chi connectivity index (χ2v) is 7.57. The minimum absolute atomic E-state index is 0.00641. The van der Waals surface area contributed by atoms with Gasteiger partial charge in [-0.3, -0.25) is 0 Å². The molecule has 142 valence electrons. The first-order valence-corrected chi connectivity index (χ1v) is 9.63. The summed E-state index contributed by atoms with van der Waals surface area (Å²) >= 11 is 0. The number of urea groups is 1. The molecule has 2 aliphatic heterocycles. The Bertz CT molecular complexity index is 773. The third-order valence-corrected chi connectivity index (χ3v) is 5.70. The van der Waals surface area contributed by atoms with Crippen LogP contribution < -0.4 is 5.32 Å². The summed E-state index contributed by atoms with van der Waals surface area (Å²) in [7, 11) is 0. The van der Waals surface area contributed by atoms with Crippen LogP contribution in [0.3, 0.4) is 0 Å². The maximum Gasteiger partial charge on any atom is 0.317 e. The van der Waals surface area contributed by atoms with Crippen molar-refractivity contribution in [2.75, 3.05) is 26.3 Å². The van der Waals surface area contributed by atoms with Crippen molar-refractivity contribution < 1.29 is 9.53 Å². The van der Waals surface area contributed by atoms with Gasteiger partial charge in [0, 0.05) is 50.5 Å². The van der Waals surface area contributed by atoms with Crippen LogP contribution in [0.25, 0.3) is 0 Å². The van der Waals surface area contributed by atoms with Crippen LogP contribution in [0, 0.1) is 12.3 Å². The Morgan fingerprint density at radius 1 is 1.22 bits per heavy atom. The third-order valence-electron chi connectivity index (χ3n) is 5.70. The van der Waals surface area contributed by atoms with E-state index >= 15 is 0 Å². The van der Waals surface area contributed by atoms with Gasteiger partial charge in [-0.15, -0.1) is 0 Å². The Balaban J connectivity index is 1.41. The van der Waals surface area contributed by atoms with Gasteiger partial charge >= 0.3 is 6.03 Å². The lowest BCUT2D eigenvalue weighted by molar-refractivity contribution is -0.111. The van der Waals surface area contributed by atoms with Gasteiger partial charge in [0.05, 0.1) is 6.04 Å². The monoisotopic (exact) mass is 366 g/mol. The van der Waals surface area contributed by atoms with Crippen LogP contribution in [0.15, 0.2) is 42.7 Å². The normalized spacial score (nSPS) is 20.9. The summed E-state index contributed by atoms with van der Waals surface area (Å²) in [4.78, 5) is 23.4. The number of ether oxygens (including phenoxy) is 1. The number of hydrogen-bond acceptors (Lipinski definition) is 4.